The minimum absolute atomic E-state index is 0.224. The molecule has 2 heterocycles. The molecule has 0 saturated carbocycles. The van der Waals surface area contributed by atoms with Crippen LogP contribution in [0.3, 0.4) is 0 Å². The van der Waals surface area contributed by atoms with Crippen molar-refractivity contribution in [2.45, 2.75) is 6.92 Å². The number of halogens is 2. The van der Waals surface area contributed by atoms with Crippen molar-refractivity contribution in [1.29, 1.82) is 0 Å². The molecule has 33 heavy (non-hydrogen) atoms. The second kappa shape index (κ2) is 9.70. The summed E-state index contributed by atoms with van der Waals surface area (Å²) in [5.74, 6) is -0.961. The van der Waals surface area contributed by atoms with E-state index in [1.807, 2.05) is 6.92 Å². The highest BCUT2D eigenvalue weighted by Gasteiger charge is 2.18. The third-order valence-corrected chi connectivity index (χ3v) is 6.33. The van der Waals surface area contributed by atoms with Crippen molar-refractivity contribution in [3.63, 3.8) is 0 Å². The van der Waals surface area contributed by atoms with Gasteiger partial charge in [-0.2, -0.15) is 5.10 Å². The Morgan fingerprint density at radius 3 is 2.61 bits per heavy atom. The Morgan fingerprint density at radius 2 is 1.91 bits per heavy atom. The first-order valence-corrected chi connectivity index (χ1v) is 11.2. The molecule has 0 atom stereocenters. The van der Waals surface area contributed by atoms with Crippen LogP contribution < -0.4 is 10.6 Å². The third-order valence-electron chi connectivity index (χ3n) is 4.90. The molecule has 0 aliphatic carbocycles. The number of aryl methyl sites for hydroxylation is 1. The zero-order chi connectivity index (χ0) is 23.5. The number of nitrogens with one attached hydrogen (secondary N) is 2. The summed E-state index contributed by atoms with van der Waals surface area (Å²) < 4.78 is 19.9. The maximum atomic E-state index is 13.3. The molecule has 2 aromatic heterocycles. The first-order valence-electron chi connectivity index (χ1n) is 10.0. The van der Waals surface area contributed by atoms with Gasteiger partial charge in [-0.05, 0) is 55.5 Å². The molecule has 0 saturated heterocycles. The van der Waals surface area contributed by atoms with Gasteiger partial charge >= 0.3 is 0 Å². The average Bonchev–Trinajstić information content (AvgIpc) is 3.35. The van der Waals surface area contributed by atoms with Crippen molar-refractivity contribution in [2.75, 3.05) is 25.6 Å². The van der Waals surface area contributed by atoms with Gasteiger partial charge in [-0.15, -0.1) is 11.3 Å². The predicted octanol–water partition coefficient (Wildman–Crippen LogP) is 4.82. The molecule has 0 spiro atoms. The van der Waals surface area contributed by atoms with Crippen LogP contribution in [0.4, 0.5) is 10.1 Å². The van der Waals surface area contributed by atoms with Gasteiger partial charge < -0.3 is 15.4 Å². The van der Waals surface area contributed by atoms with Crippen LogP contribution in [-0.2, 0) is 4.74 Å². The van der Waals surface area contributed by atoms with Crippen LogP contribution in [0.2, 0.25) is 5.02 Å². The number of anilines is 1. The van der Waals surface area contributed by atoms with Crippen LogP contribution in [-0.4, -0.2) is 41.9 Å². The largest absolute Gasteiger partial charge is 0.383 e. The van der Waals surface area contributed by atoms with E-state index in [1.54, 1.807) is 42.1 Å². The normalized spacial score (nSPS) is 11.0. The van der Waals surface area contributed by atoms with E-state index in [2.05, 4.69) is 15.7 Å². The van der Waals surface area contributed by atoms with E-state index >= 15 is 0 Å². The fraction of sp³-hybridized carbons (Fsp3) is 0.174. The summed E-state index contributed by atoms with van der Waals surface area (Å²) in [4.78, 5) is 26.3. The molecule has 2 N–H and O–H groups in total. The number of aromatic nitrogens is 2. The van der Waals surface area contributed by atoms with E-state index in [0.717, 1.165) is 15.9 Å². The molecule has 2 aromatic carbocycles. The van der Waals surface area contributed by atoms with Gasteiger partial charge in [0.2, 0.25) is 0 Å². The van der Waals surface area contributed by atoms with Crippen LogP contribution in [0.1, 0.15) is 25.7 Å². The highest BCUT2D eigenvalue weighted by Crippen LogP contribution is 2.31. The predicted molar refractivity (Wildman–Crippen MR) is 127 cm³/mol. The number of hydrogen-bond donors (Lipinski definition) is 2. The van der Waals surface area contributed by atoms with Gasteiger partial charge in [0.15, 0.2) is 0 Å². The lowest BCUT2D eigenvalue weighted by atomic mass is 10.2. The lowest BCUT2D eigenvalue weighted by Crippen LogP contribution is -2.27. The number of hydrogen-bond acceptors (Lipinski definition) is 5. The summed E-state index contributed by atoms with van der Waals surface area (Å²) >= 11 is 7.54. The van der Waals surface area contributed by atoms with Crippen LogP contribution >= 0.6 is 22.9 Å². The summed E-state index contributed by atoms with van der Waals surface area (Å²) in [5, 5.41) is 11.1. The Bertz CT molecular complexity index is 1330. The first kappa shape index (κ1) is 22.9. The number of amides is 2. The molecule has 7 nitrogen and oxygen atoms in total. The SMILES string of the molecule is COCCNC(=O)c1ccc(NC(=O)c2cc3c(C)nn(-c4ccc(F)cc4)c3s2)cc1Cl. The Kier molecular flexibility index (Phi) is 6.73. The number of carbonyl (C=O) groups is 2. The number of fused-ring (bicyclic) bond motifs is 1. The average molecular weight is 487 g/mol. The minimum Gasteiger partial charge on any atom is -0.383 e. The van der Waals surface area contributed by atoms with E-state index in [9.17, 15) is 14.0 Å². The summed E-state index contributed by atoms with van der Waals surface area (Å²) in [6.45, 7) is 2.61. The molecule has 0 bridgehead atoms. The third kappa shape index (κ3) is 4.90. The van der Waals surface area contributed by atoms with E-state index in [-0.39, 0.29) is 22.7 Å². The number of rotatable bonds is 7. The van der Waals surface area contributed by atoms with Crippen LogP contribution in [0.15, 0.2) is 48.5 Å². The van der Waals surface area contributed by atoms with Gasteiger partial charge in [0.1, 0.15) is 10.6 Å². The zero-order valence-electron chi connectivity index (χ0n) is 17.8. The highest BCUT2D eigenvalue weighted by molar-refractivity contribution is 7.20. The maximum absolute atomic E-state index is 13.3. The van der Waals surface area contributed by atoms with Gasteiger partial charge in [-0.25, -0.2) is 9.07 Å². The summed E-state index contributed by atoms with van der Waals surface area (Å²) in [6.07, 6.45) is 0. The number of nitrogens with zero attached hydrogens (tertiary/aromatic N) is 2. The maximum Gasteiger partial charge on any atom is 0.265 e. The van der Waals surface area contributed by atoms with E-state index in [4.69, 9.17) is 16.3 Å². The number of ether oxygens (including phenoxy) is 1. The number of thiophene rings is 1. The Labute approximate surface area is 198 Å². The van der Waals surface area contributed by atoms with Gasteiger partial charge in [0.05, 0.1) is 33.5 Å². The smallest absolute Gasteiger partial charge is 0.265 e. The fourth-order valence-electron chi connectivity index (χ4n) is 3.25. The lowest BCUT2D eigenvalue weighted by molar-refractivity contribution is 0.0937. The topological polar surface area (TPSA) is 85.2 Å². The summed E-state index contributed by atoms with van der Waals surface area (Å²) in [6, 6.07) is 12.5. The van der Waals surface area contributed by atoms with Crippen molar-refractivity contribution in [1.82, 2.24) is 15.1 Å². The Morgan fingerprint density at radius 1 is 1.15 bits per heavy atom. The molecule has 0 aliphatic rings. The van der Waals surface area contributed by atoms with E-state index < -0.39 is 0 Å². The molecule has 4 rings (SSSR count). The van der Waals surface area contributed by atoms with E-state index in [1.165, 1.54) is 29.5 Å². The lowest BCUT2D eigenvalue weighted by Gasteiger charge is -2.09. The van der Waals surface area contributed by atoms with Crippen LogP contribution in [0, 0.1) is 12.7 Å². The number of benzene rings is 2. The van der Waals surface area contributed by atoms with Crippen molar-refractivity contribution in [3.8, 4) is 5.69 Å². The Hall–Kier alpha value is -3.27. The second-order valence-corrected chi connectivity index (χ2v) is 8.64. The van der Waals surface area contributed by atoms with E-state index in [0.29, 0.717) is 35.0 Å². The highest BCUT2D eigenvalue weighted by atomic mass is 35.5. The van der Waals surface area contributed by atoms with Crippen LogP contribution in [0.5, 0.6) is 0 Å². The molecule has 0 radical (unpaired) electrons. The molecular weight excluding hydrogens is 467 g/mol. The minimum atomic E-state index is -0.331. The molecule has 0 aliphatic heterocycles. The number of carbonyl (C=O) groups excluding carboxylic acids is 2. The van der Waals surface area contributed by atoms with Crippen LogP contribution in [0.25, 0.3) is 15.9 Å². The monoisotopic (exact) mass is 486 g/mol. The van der Waals surface area contributed by atoms with Crippen molar-refractivity contribution >= 4 is 50.7 Å². The molecule has 10 heteroatoms. The van der Waals surface area contributed by atoms with Crippen molar-refractivity contribution in [3.05, 3.63) is 75.5 Å². The summed E-state index contributed by atoms with van der Waals surface area (Å²) in [7, 11) is 1.55. The molecule has 4 aromatic rings. The van der Waals surface area contributed by atoms with Gasteiger partial charge in [-0.1, -0.05) is 11.6 Å². The second-order valence-electron chi connectivity index (χ2n) is 7.20. The fourth-order valence-corrected chi connectivity index (χ4v) is 4.59. The Balaban J connectivity index is 1.53. The molecular formula is C23H20ClFN4O3S. The zero-order valence-corrected chi connectivity index (χ0v) is 19.4. The summed E-state index contributed by atoms with van der Waals surface area (Å²) in [5.41, 5.74) is 2.24. The van der Waals surface area contributed by atoms with Crippen molar-refractivity contribution < 1.29 is 18.7 Å². The van der Waals surface area contributed by atoms with Gasteiger partial charge in [-0.3, -0.25) is 9.59 Å². The quantitative estimate of drug-likeness (QED) is 0.367. The molecule has 170 valence electrons. The standard InChI is InChI=1S/C23H20ClFN4O3S/c1-13-18-12-20(33-23(18)29(28-13)16-6-3-14(25)4-7-16)22(31)27-15-5-8-17(19(24)11-15)21(30)26-9-10-32-2/h3-8,11-12H,9-10H2,1-2H3,(H,26,30)(H,27,31). The molecule has 0 fully saturated rings. The molecule has 0 unspecified atom stereocenters. The van der Waals surface area contributed by atoms with Gasteiger partial charge in [0.25, 0.3) is 11.8 Å². The molecule has 2 amide bonds. The first-order chi connectivity index (χ1) is 15.9. The number of methoxy groups -OCH3 is 1. The van der Waals surface area contributed by atoms with Gasteiger partial charge in [0, 0.05) is 24.7 Å². The van der Waals surface area contributed by atoms with Crippen molar-refractivity contribution in [2.24, 2.45) is 0 Å².